The fourth-order valence-corrected chi connectivity index (χ4v) is 3.83. The molecule has 0 aromatic carbocycles. The number of hydrogen-bond donors (Lipinski definition) is 1. The molecule has 4 heterocycles. The standard InChI is InChI=1S/C18H27N7/c1-3-17-20-18(22-21-17)16-5-4-14(12-19-16)24-8-10-25(11-9-24)15-6-7-23(2)13-15/h4-5,12,15H,3,6-11,13H2,1-2H3,(H,20,21,22). The first-order valence-electron chi connectivity index (χ1n) is 9.28. The van der Waals surface area contributed by atoms with Gasteiger partial charge in [-0.2, -0.15) is 5.10 Å². The minimum absolute atomic E-state index is 0.679. The van der Waals surface area contributed by atoms with E-state index in [0.717, 1.165) is 50.2 Å². The van der Waals surface area contributed by atoms with Crippen LogP contribution in [0.5, 0.6) is 0 Å². The molecule has 7 nitrogen and oxygen atoms in total. The summed E-state index contributed by atoms with van der Waals surface area (Å²) in [6.07, 6.45) is 4.12. The average Bonchev–Trinajstić information content (AvgIpc) is 3.31. The Bertz CT molecular complexity index is 688. The van der Waals surface area contributed by atoms with Crippen LogP contribution in [0.15, 0.2) is 18.3 Å². The van der Waals surface area contributed by atoms with E-state index in [9.17, 15) is 0 Å². The van der Waals surface area contributed by atoms with E-state index in [2.05, 4.69) is 54.9 Å². The van der Waals surface area contributed by atoms with Gasteiger partial charge in [0.15, 0.2) is 5.82 Å². The third-order valence-electron chi connectivity index (χ3n) is 5.41. The van der Waals surface area contributed by atoms with E-state index in [1.165, 1.54) is 25.2 Å². The van der Waals surface area contributed by atoms with Crippen LogP contribution in [0, 0.1) is 0 Å². The van der Waals surface area contributed by atoms with E-state index in [4.69, 9.17) is 0 Å². The number of anilines is 1. The van der Waals surface area contributed by atoms with Gasteiger partial charge in [0.25, 0.3) is 0 Å². The number of hydrogen-bond acceptors (Lipinski definition) is 6. The Kier molecular flexibility index (Phi) is 4.67. The minimum atomic E-state index is 0.679. The Labute approximate surface area is 149 Å². The lowest BCUT2D eigenvalue weighted by atomic mass is 10.2. The summed E-state index contributed by atoms with van der Waals surface area (Å²) in [5.41, 5.74) is 2.02. The van der Waals surface area contributed by atoms with Gasteiger partial charge in [0.1, 0.15) is 11.5 Å². The quantitative estimate of drug-likeness (QED) is 0.903. The number of pyridine rings is 1. The number of H-pyrrole nitrogens is 1. The van der Waals surface area contributed by atoms with Crippen molar-refractivity contribution in [3.05, 3.63) is 24.2 Å². The Morgan fingerprint density at radius 2 is 2.00 bits per heavy atom. The van der Waals surface area contributed by atoms with Crippen molar-refractivity contribution in [3.8, 4) is 11.5 Å². The second-order valence-corrected chi connectivity index (χ2v) is 7.09. The topological polar surface area (TPSA) is 64.2 Å². The van der Waals surface area contributed by atoms with E-state index in [0.29, 0.717) is 5.82 Å². The van der Waals surface area contributed by atoms with Gasteiger partial charge >= 0.3 is 0 Å². The third-order valence-corrected chi connectivity index (χ3v) is 5.41. The molecule has 2 saturated heterocycles. The molecule has 134 valence electrons. The summed E-state index contributed by atoms with van der Waals surface area (Å²) in [6, 6.07) is 4.91. The molecular weight excluding hydrogens is 314 g/mol. The number of aromatic amines is 1. The Hall–Kier alpha value is -1.99. The van der Waals surface area contributed by atoms with Crippen LogP contribution in [0.2, 0.25) is 0 Å². The molecule has 0 spiro atoms. The molecule has 0 aliphatic carbocycles. The van der Waals surface area contributed by atoms with E-state index in [1.54, 1.807) is 0 Å². The molecule has 2 aliphatic heterocycles. The van der Waals surface area contributed by atoms with Gasteiger partial charge in [-0.05, 0) is 32.1 Å². The molecule has 0 radical (unpaired) electrons. The number of aromatic nitrogens is 4. The predicted octanol–water partition coefficient (Wildman–Crippen LogP) is 1.26. The largest absolute Gasteiger partial charge is 0.368 e. The average molecular weight is 341 g/mol. The third kappa shape index (κ3) is 3.52. The Morgan fingerprint density at radius 1 is 1.16 bits per heavy atom. The van der Waals surface area contributed by atoms with E-state index < -0.39 is 0 Å². The summed E-state index contributed by atoms with van der Waals surface area (Å²) in [5.74, 6) is 1.58. The molecule has 0 bridgehead atoms. The molecule has 0 saturated carbocycles. The molecule has 1 atom stereocenters. The number of nitrogens with zero attached hydrogens (tertiary/aromatic N) is 6. The molecule has 2 aliphatic rings. The highest BCUT2D eigenvalue weighted by molar-refractivity contribution is 5.54. The molecule has 2 aromatic rings. The fourth-order valence-electron chi connectivity index (χ4n) is 3.83. The first-order valence-corrected chi connectivity index (χ1v) is 9.28. The monoisotopic (exact) mass is 341 g/mol. The predicted molar refractivity (Wildman–Crippen MR) is 98.7 cm³/mol. The number of nitrogens with one attached hydrogen (secondary N) is 1. The lowest BCUT2D eigenvalue weighted by molar-refractivity contribution is 0.187. The summed E-state index contributed by atoms with van der Waals surface area (Å²) in [4.78, 5) is 16.5. The second kappa shape index (κ2) is 7.09. The Morgan fingerprint density at radius 3 is 2.60 bits per heavy atom. The molecule has 2 aromatic heterocycles. The van der Waals surface area contributed by atoms with Crippen LogP contribution in [0.1, 0.15) is 19.2 Å². The zero-order valence-corrected chi connectivity index (χ0v) is 15.1. The Balaban J connectivity index is 1.36. The van der Waals surface area contributed by atoms with Crippen molar-refractivity contribution in [2.45, 2.75) is 25.8 Å². The summed E-state index contributed by atoms with van der Waals surface area (Å²) < 4.78 is 0. The molecule has 1 unspecified atom stereocenters. The van der Waals surface area contributed by atoms with Crippen molar-refractivity contribution in [1.82, 2.24) is 30.0 Å². The first-order chi connectivity index (χ1) is 12.2. The van der Waals surface area contributed by atoms with Crippen molar-refractivity contribution in [3.63, 3.8) is 0 Å². The van der Waals surface area contributed by atoms with Crippen LogP contribution >= 0.6 is 0 Å². The van der Waals surface area contributed by atoms with E-state index >= 15 is 0 Å². The van der Waals surface area contributed by atoms with Gasteiger partial charge in [-0.3, -0.25) is 15.0 Å². The van der Waals surface area contributed by atoms with Crippen molar-refractivity contribution in [1.29, 1.82) is 0 Å². The summed E-state index contributed by atoms with van der Waals surface area (Å²) in [7, 11) is 2.22. The second-order valence-electron chi connectivity index (χ2n) is 7.09. The van der Waals surface area contributed by atoms with Gasteiger partial charge < -0.3 is 9.80 Å². The zero-order chi connectivity index (χ0) is 17.2. The number of likely N-dealkylation sites (tertiary alicyclic amines) is 1. The van der Waals surface area contributed by atoms with Gasteiger partial charge in [-0.25, -0.2) is 4.98 Å². The van der Waals surface area contributed by atoms with Crippen LogP contribution in [0.4, 0.5) is 5.69 Å². The number of aryl methyl sites for hydroxylation is 1. The van der Waals surface area contributed by atoms with Crippen molar-refractivity contribution in [2.75, 3.05) is 51.2 Å². The number of likely N-dealkylation sites (N-methyl/N-ethyl adjacent to an activating group) is 1. The van der Waals surface area contributed by atoms with Gasteiger partial charge in [0.2, 0.25) is 0 Å². The SMILES string of the molecule is CCc1nc(-c2ccc(N3CCN(C4CCN(C)C4)CC3)cn2)n[nH]1. The van der Waals surface area contributed by atoms with Crippen LogP contribution in [0.3, 0.4) is 0 Å². The van der Waals surface area contributed by atoms with Crippen LogP contribution in [0.25, 0.3) is 11.5 Å². The number of rotatable bonds is 4. The lowest BCUT2D eigenvalue weighted by Gasteiger charge is -2.39. The highest BCUT2D eigenvalue weighted by atomic mass is 15.3. The molecule has 1 N–H and O–H groups in total. The van der Waals surface area contributed by atoms with E-state index in [-0.39, 0.29) is 0 Å². The van der Waals surface area contributed by atoms with Gasteiger partial charge in [0, 0.05) is 45.2 Å². The van der Waals surface area contributed by atoms with E-state index in [1.807, 2.05) is 12.3 Å². The molecule has 4 rings (SSSR count). The smallest absolute Gasteiger partial charge is 0.199 e. The van der Waals surface area contributed by atoms with Crippen LogP contribution < -0.4 is 4.90 Å². The van der Waals surface area contributed by atoms with Crippen LogP contribution in [-0.4, -0.2) is 82.3 Å². The summed E-state index contributed by atoms with van der Waals surface area (Å²) in [5, 5.41) is 7.18. The van der Waals surface area contributed by atoms with Gasteiger partial charge in [0.05, 0.1) is 11.9 Å². The molecule has 7 heteroatoms. The molecule has 0 amide bonds. The van der Waals surface area contributed by atoms with Crippen molar-refractivity contribution >= 4 is 5.69 Å². The maximum atomic E-state index is 4.57. The fraction of sp³-hybridized carbons (Fsp3) is 0.611. The maximum absolute atomic E-state index is 4.57. The van der Waals surface area contributed by atoms with Crippen LogP contribution in [-0.2, 0) is 6.42 Å². The summed E-state index contributed by atoms with van der Waals surface area (Å²) >= 11 is 0. The lowest BCUT2D eigenvalue weighted by Crippen LogP contribution is -2.51. The normalized spacial score (nSPS) is 22.6. The maximum Gasteiger partial charge on any atom is 0.199 e. The minimum Gasteiger partial charge on any atom is -0.368 e. The first kappa shape index (κ1) is 16.5. The van der Waals surface area contributed by atoms with Gasteiger partial charge in [-0.1, -0.05) is 6.92 Å². The zero-order valence-electron chi connectivity index (χ0n) is 15.1. The summed E-state index contributed by atoms with van der Waals surface area (Å²) in [6.45, 7) is 8.93. The number of piperazine rings is 1. The molecule has 2 fully saturated rings. The molecule has 25 heavy (non-hydrogen) atoms. The van der Waals surface area contributed by atoms with Crippen molar-refractivity contribution in [2.24, 2.45) is 0 Å². The highest BCUT2D eigenvalue weighted by Crippen LogP contribution is 2.21. The molecular formula is C18H27N7. The highest BCUT2D eigenvalue weighted by Gasteiger charge is 2.28. The van der Waals surface area contributed by atoms with Crippen molar-refractivity contribution < 1.29 is 0 Å². The van der Waals surface area contributed by atoms with Gasteiger partial charge in [-0.15, -0.1) is 0 Å².